The number of nitrogens with zero attached hydrogens (tertiary/aromatic N) is 1. The second-order valence-electron chi connectivity index (χ2n) is 6.23. The van der Waals surface area contributed by atoms with Gasteiger partial charge in [-0.1, -0.05) is 41.9 Å². The molecule has 1 aromatic heterocycles. The van der Waals surface area contributed by atoms with Gasteiger partial charge in [-0.25, -0.2) is 4.79 Å². The van der Waals surface area contributed by atoms with Crippen molar-refractivity contribution in [3.8, 4) is 0 Å². The smallest absolute Gasteiger partial charge is 0.315 e. The van der Waals surface area contributed by atoms with Crippen LogP contribution in [0.5, 0.6) is 0 Å². The molecule has 1 aliphatic heterocycles. The van der Waals surface area contributed by atoms with Crippen molar-refractivity contribution in [1.29, 1.82) is 0 Å². The van der Waals surface area contributed by atoms with Gasteiger partial charge in [0, 0.05) is 31.1 Å². The van der Waals surface area contributed by atoms with E-state index in [1.807, 2.05) is 30.3 Å². The van der Waals surface area contributed by atoms with E-state index in [2.05, 4.69) is 27.7 Å². The van der Waals surface area contributed by atoms with Gasteiger partial charge in [-0.3, -0.25) is 4.90 Å². The standard InChI is InChI=1S/C19H24ClN3O2S/c20-18-7-6-16(26-18)8-9-21-19(24)22-17(15-4-2-1-3-5-15)14-23-10-12-25-13-11-23/h1-7,17H,8-14H2,(H2,21,22,24). The third-order valence-electron chi connectivity index (χ3n) is 4.34. The van der Waals surface area contributed by atoms with E-state index >= 15 is 0 Å². The van der Waals surface area contributed by atoms with Crippen molar-refractivity contribution in [3.05, 3.63) is 57.2 Å². The first-order chi connectivity index (χ1) is 12.7. The number of nitrogens with one attached hydrogen (secondary N) is 2. The Morgan fingerprint density at radius 1 is 1.19 bits per heavy atom. The molecule has 2 amide bonds. The van der Waals surface area contributed by atoms with Crippen LogP contribution in [0.3, 0.4) is 0 Å². The van der Waals surface area contributed by atoms with Crippen LogP contribution in [0.2, 0.25) is 4.34 Å². The van der Waals surface area contributed by atoms with Crippen LogP contribution >= 0.6 is 22.9 Å². The molecule has 140 valence electrons. The minimum absolute atomic E-state index is 0.0505. The van der Waals surface area contributed by atoms with Gasteiger partial charge in [0.15, 0.2) is 0 Å². The number of urea groups is 1. The molecular formula is C19H24ClN3O2S. The van der Waals surface area contributed by atoms with E-state index in [1.165, 1.54) is 4.88 Å². The summed E-state index contributed by atoms with van der Waals surface area (Å²) in [5.74, 6) is 0. The zero-order valence-electron chi connectivity index (χ0n) is 14.6. The molecule has 1 atom stereocenters. The van der Waals surface area contributed by atoms with Gasteiger partial charge in [-0.15, -0.1) is 11.3 Å². The summed E-state index contributed by atoms with van der Waals surface area (Å²) in [5, 5.41) is 6.07. The molecule has 2 heterocycles. The van der Waals surface area contributed by atoms with E-state index in [9.17, 15) is 4.79 Å². The fraction of sp³-hybridized carbons (Fsp3) is 0.421. The van der Waals surface area contributed by atoms with E-state index < -0.39 is 0 Å². The summed E-state index contributed by atoms with van der Waals surface area (Å²) in [6, 6.07) is 13.8. The Morgan fingerprint density at radius 2 is 1.96 bits per heavy atom. The van der Waals surface area contributed by atoms with Gasteiger partial charge in [0.1, 0.15) is 0 Å². The molecule has 2 N–H and O–H groups in total. The molecule has 1 aromatic carbocycles. The number of hydrogen-bond acceptors (Lipinski definition) is 4. The van der Waals surface area contributed by atoms with Crippen molar-refractivity contribution < 1.29 is 9.53 Å². The van der Waals surface area contributed by atoms with E-state index in [0.29, 0.717) is 6.54 Å². The highest BCUT2D eigenvalue weighted by atomic mass is 35.5. The number of morpholine rings is 1. The predicted octanol–water partition coefficient (Wildman–Crippen LogP) is 3.32. The molecule has 0 spiro atoms. The number of rotatable bonds is 7. The van der Waals surface area contributed by atoms with Crippen LogP contribution in [-0.2, 0) is 11.2 Å². The molecule has 1 aliphatic rings. The molecule has 0 radical (unpaired) electrons. The summed E-state index contributed by atoms with van der Waals surface area (Å²) in [5.41, 5.74) is 1.11. The Balaban J connectivity index is 1.53. The quantitative estimate of drug-likeness (QED) is 0.758. The molecule has 1 fully saturated rings. The second-order valence-corrected chi connectivity index (χ2v) is 8.03. The fourth-order valence-electron chi connectivity index (χ4n) is 2.96. The van der Waals surface area contributed by atoms with Crippen molar-refractivity contribution in [2.75, 3.05) is 39.4 Å². The van der Waals surface area contributed by atoms with Gasteiger partial charge in [0.05, 0.1) is 23.6 Å². The van der Waals surface area contributed by atoms with Crippen LogP contribution in [0.15, 0.2) is 42.5 Å². The van der Waals surface area contributed by atoms with Crippen molar-refractivity contribution >= 4 is 29.0 Å². The molecule has 0 saturated carbocycles. The van der Waals surface area contributed by atoms with Crippen molar-refractivity contribution in [2.45, 2.75) is 12.5 Å². The summed E-state index contributed by atoms with van der Waals surface area (Å²) in [6.45, 7) is 4.65. The fourth-order valence-corrected chi connectivity index (χ4v) is 4.04. The summed E-state index contributed by atoms with van der Waals surface area (Å²) >= 11 is 7.49. The first kappa shape index (κ1) is 19.2. The van der Waals surface area contributed by atoms with Gasteiger partial charge in [0.2, 0.25) is 0 Å². The van der Waals surface area contributed by atoms with Crippen molar-refractivity contribution in [3.63, 3.8) is 0 Å². The first-order valence-corrected chi connectivity index (χ1v) is 10.0. The SMILES string of the molecule is O=C(NCCc1ccc(Cl)s1)NC(CN1CCOCC1)c1ccccc1. The van der Waals surface area contributed by atoms with Crippen molar-refractivity contribution in [1.82, 2.24) is 15.5 Å². The van der Waals surface area contributed by atoms with Gasteiger partial charge in [0.25, 0.3) is 0 Å². The number of benzene rings is 1. The maximum atomic E-state index is 12.4. The summed E-state index contributed by atoms with van der Waals surface area (Å²) in [4.78, 5) is 15.9. The zero-order chi connectivity index (χ0) is 18.2. The Hall–Kier alpha value is -1.60. The lowest BCUT2D eigenvalue weighted by Gasteiger charge is -2.31. The molecule has 2 aromatic rings. The molecule has 7 heteroatoms. The highest BCUT2D eigenvalue weighted by Gasteiger charge is 2.20. The molecule has 0 bridgehead atoms. The summed E-state index contributed by atoms with van der Waals surface area (Å²) in [7, 11) is 0. The maximum Gasteiger partial charge on any atom is 0.315 e. The maximum absolute atomic E-state index is 12.4. The highest BCUT2D eigenvalue weighted by Crippen LogP contribution is 2.21. The average molecular weight is 394 g/mol. The lowest BCUT2D eigenvalue weighted by Crippen LogP contribution is -2.45. The number of amides is 2. The van der Waals surface area contributed by atoms with Crippen LogP contribution in [-0.4, -0.2) is 50.3 Å². The van der Waals surface area contributed by atoms with Gasteiger partial charge in [-0.05, 0) is 24.1 Å². The topological polar surface area (TPSA) is 53.6 Å². The molecule has 0 aliphatic carbocycles. The number of halogens is 1. The number of carbonyl (C=O) groups excluding carboxylic acids is 1. The largest absolute Gasteiger partial charge is 0.379 e. The Kier molecular flexibility index (Phi) is 7.32. The number of ether oxygens (including phenoxy) is 1. The molecule has 26 heavy (non-hydrogen) atoms. The third kappa shape index (κ3) is 5.99. The summed E-state index contributed by atoms with van der Waals surface area (Å²) < 4.78 is 6.19. The lowest BCUT2D eigenvalue weighted by molar-refractivity contribution is 0.0340. The van der Waals surface area contributed by atoms with Gasteiger partial charge in [-0.2, -0.15) is 0 Å². The average Bonchev–Trinajstić information content (AvgIpc) is 3.08. The lowest BCUT2D eigenvalue weighted by atomic mass is 10.1. The molecule has 1 saturated heterocycles. The van der Waals surface area contributed by atoms with Crippen molar-refractivity contribution in [2.24, 2.45) is 0 Å². The molecule has 3 rings (SSSR count). The predicted molar refractivity (Wildman–Crippen MR) is 106 cm³/mol. The van der Waals surface area contributed by atoms with Crippen LogP contribution in [0.1, 0.15) is 16.5 Å². The Morgan fingerprint density at radius 3 is 2.65 bits per heavy atom. The van der Waals surface area contributed by atoms with E-state index in [4.69, 9.17) is 16.3 Å². The van der Waals surface area contributed by atoms with E-state index in [1.54, 1.807) is 11.3 Å². The minimum atomic E-state index is -0.144. The van der Waals surface area contributed by atoms with Crippen LogP contribution in [0, 0.1) is 0 Å². The molecular weight excluding hydrogens is 370 g/mol. The first-order valence-electron chi connectivity index (χ1n) is 8.84. The number of thiophene rings is 1. The van der Waals surface area contributed by atoms with E-state index in [0.717, 1.165) is 49.2 Å². The van der Waals surface area contributed by atoms with Gasteiger partial charge < -0.3 is 15.4 Å². The molecule has 1 unspecified atom stereocenters. The van der Waals surface area contributed by atoms with E-state index in [-0.39, 0.29) is 12.1 Å². The number of hydrogen-bond donors (Lipinski definition) is 2. The third-order valence-corrected chi connectivity index (χ3v) is 5.63. The Bertz CT molecular complexity index is 689. The van der Waals surface area contributed by atoms with Crippen LogP contribution < -0.4 is 10.6 Å². The number of carbonyl (C=O) groups is 1. The van der Waals surface area contributed by atoms with Gasteiger partial charge >= 0.3 is 6.03 Å². The van der Waals surface area contributed by atoms with Crippen LogP contribution in [0.25, 0.3) is 0 Å². The normalized spacial score (nSPS) is 16.2. The van der Waals surface area contributed by atoms with Crippen LogP contribution in [0.4, 0.5) is 4.79 Å². The zero-order valence-corrected chi connectivity index (χ0v) is 16.2. The minimum Gasteiger partial charge on any atom is -0.379 e. The second kappa shape index (κ2) is 9.92. The highest BCUT2D eigenvalue weighted by molar-refractivity contribution is 7.16. The summed E-state index contributed by atoms with van der Waals surface area (Å²) in [6.07, 6.45) is 0.782. The monoisotopic (exact) mass is 393 g/mol. The molecule has 5 nitrogen and oxygen atoms in total. The Labute approximate surface area is 163 Å².